The van der Waals surface area contributed by atoms with E-state index < -0.39 is 41.8 Å². The average Bonchev–Trinajstić information content (AvgIpc) is 3.43. The number of morpholine rings is 1. The molecule has 0 bridgehead atoms. The number of nitrogens with zero attached hydrogens (tertiary/aromatic N) is 3. The number of urea groups is 1. The molecule has 0 aliphatic carbocycles. The fourth-order valence-electron chi connectivity index (χ4n) is 6.53. The van der Waals surface area contributed by atoms with Gasteiger partial charge in [0.25, 0.3) is 0 Å². The summed E-state index contributed by atoms with van der Waals surface area (Å²) in [5.41, 5.74) is 0.0291. The number of amides is 4. The highest BCUT2D eigenvalue weighted by Gasteiger charge is 2.62. The van der Waals surface area contributed by atoms with Gasteiger partial charge in [-0.25, -0.2) is 9.59 Å². The van der Waals surface area contributed by atoms with Crippen molar-refractivity contribution in [2.45, 2.75) is 63.6 Å². The number of halogens is 1. The van der Waals surface area contributed by atoms with Gasteiger partial charge in [0, 0.05) is 13.2 Å². The Morgan fingerprint density at radius 3 is 2.82 bits per heavy atom. The number of ether oxygens (including phenoxy) is 2. The topological polar surface area (TPSA) is 167 Å². The summed E-state index contributed by atoms with van der Waals surface area (Å²) in [7, 11) is 0. The number of fused-ring (bicyclic) bond motifs is 5. The largest absolute Gasteiger partial charge is 0.447 e. The maximum atomic E-state index is 13.5. The Morgan fingerprint density at radius 2 is 2.08 bits per heavy atom. The van der Waals surface area contributed by atoms with Crippen LogP contribution in [0.5, 0.6) is 0 Å². The van der Waals surface area contributed by atoms with E-state index >= 15 is 0 Å². The summed E-state index contributed by atoms with van der Waals surface area (Å²) in [5, 5.41) is 30.1. The van der Waals surface area contributed by atoms with Crippen molar-refractivity contribution in [3.8, 4) is 0 Å². The molecule has 38 heavy (non-hydrogen) atoms. The highest BCUT2D eigenvalue weighted by Crippen LogP contribution is 2.52. The molecule has 6 rings (SSSR count). The molecule has 14 heteroatoms. The van der Waals surface area contributed by atoms with E-state index in [-0.39, 0.29) is 48.2 Å². The number of rotatable bonds is 4. The Morgan fingerprint density at radius 1 is 1.29 bits per heavy atom. The van der Waals surface area contributed by atoms with E-state index in [0.717, 1.165) is 0 Å². The Balaban J connectivity index is 1.52. The van der Waals surface area contributed by atoms with E-state index in [4.69, 9.17) is 25.6 Å². The molecule has 204 valence electrons. The minimum Gasteiger partial charge on any atom is -0.447 e. The minimum atomic E-state index is -1.49. The van der Waals surface area contributed by atoms with Gasteiger partial charge in [-0.05, 0) is 44.7 Å². The minimum absolute atomic E-state index is 0.0253. The van der Waals surface area contributed by atoms with Gasteiger partial charge >= 0.3 is 12.1 Å². The number of hydrogen-bond donors (Lipinski definition) is 4. The monoisotopic (exact) mass is 549 g/mol. The van der Waals surface area contributed by atoms with Crippen LogP contribution in [0.25, 0.3) is 11.0 Å². The number of benzene rings is 1. The molecule has 4 N–H and O–H groups in total. The molecule has 0 saturated carbocycles. The highest BCUT2D eigenvalue weighted by molar-refractivity contribution is 6.38. The summed E-state index contributed by atoms with van der Waals surface area (Å²) in [6, 6.07) is -0.0263. The zero-order chi connectivity index (χ0) is 26.9. The molecule has 6 atom stereocenters. The molecule has 0 radical (unpaired) electrons. The molecule has 4 amide bonds. The third-order valence-electron chi connectivity index (χ3n) is 8.01. The van der Waals surface area contributed by atoms with Crippen molar-refractivity contribution >= 4 is 52.1 Å². The Labute approximate surface area is 221 Å². The molecular formula is C24H28ClN5O8. The number of aliphatic hydroxyl groups excluding tert-OH is 2. The lowest BCUT2D eigenvalue weighted by atomic mass is 9.66. The maximum Gasteiger partial charge on any atom is 0.416 e. The number of cyclic esters (lactones) is 1. The lowest BCUT2D eigenvalue weighted by molar-refractivity contribution is -0.155. The molecule has 2 unspecified atom stereocenters. The Hall–Kier alpha value is -3.13. The first-order valence-electron chi connectivity index (χ1n) is 12.6. The summed E-state index contributed by atoms with van der Waals surface area (Å²) in [5.74, 6) is -0.398. The van der Waals surface area contributed by atoms with Crippen LogP contribution < -0.4 is 20.4 Å². The van der Waals surface area contributed by atoms with Crippen LogP contribution in [0.3, 0.4) is 0 Å². The number of imide groups is 1. The number of aromatic nitrogens is 1. The zero-order valence-electron chi connectivity index (χ0n) is 20.8. The van der Waals surface area contributed by atoms with Gasteiger partial charge in [0.05, 0.1) is 35.4 Å². The Kier molecular flexibility index (Phi) is 5.94. The predicted octanol–water partition coefficient (Wildman–Crippen LogP) is 1.26. The van der Waals surface area contributed by atoms with Crippen molar-refractivity contribution in [2.24, 2.45) is 5.41 Å². The first kappa shape index (κ1) is 25.2. The van der Waals surface area contributed by atoms with Crippen molar-refractivity contribution in [3.63, 3.8) is 0 Å². The van der Waals surface area contributed by atoms with Crippen molar-refractivity contribution in [2.75, 3.05) is 29.6 Å². The standard InChI is InChI=1S/C24H28ClN5O8/c1-10-8-29-16-12(7-24(18(29)11(2)37-10)20(32)26-22(34)27-21(24)33)6-14-17(15(16)25)38-28-19(14)30-13(4-3-5-31)9-36-23(30)35/h6,10-11,13,18,20,31-32H,3-5,7-9H2,1-2H3,(H2,26,27,33,34)/t10-,11+,13+,18-,20?,24?/m1/s1. The predicted molar refractivity (Wildman–Crippen MR) is 133 cm³/mol. The van der Waals surface area contributed by atoms with Crippen LogP contribution in [0, 0.1) is 5.41 Å². The van der Waals surface area contributed by atoms with Crippen molar-refractivity contribution in [1.82, 2.24) is 15.8 Å². The van der Waals surface area contributed by atoms with Crippen LogP contribution >= 0.6 is 11.6 Å². The summed E-state index contributed by atoms with van der Waals surface area (Å²) >= 11 is 6.96. The SMILES string of the molecule is C[C@@H]1CN2c3c(cc4c(N5C(=O)OC[C@@H]5CCCO)noc4c3Cl)CC3(C(=O)NC(=O)NC3O)[C@H]2[C@H](C)O1. The second kappa shape index (κ2) is 8.97. The molecule has 1 aromatic heterocycles. The lowest BCUT2D eigenvalue weighted by Crippen LogP contribution is -2.76. The first-order valence-corrected chi connectivity index (χ1v) is 12.9. The van der Waals surface area contributed by atoms with Crippen LogP contribution in [-0.4, -0.2) is 83.7 Å². The average molecular weight is 550 g/mol. The smallest absolute Gasteiger partial charge is 0.416 e. The molecule has 4 aliphatic rings. The first-order chi connectivity index (χ1) is 18.2. The molecule has 3 saturated heterocycles. The maximum absolute atomic E-state index is 13.5. The third-order valence-corrected chi connectivity index (χ3v) is 8.36. The van der Waals surface area contributed by atoms with E-state index in [2.05, 4.69) is 15.8 Å². The fraction of sp³-hybridized carbons (Fsp3) is 0.583. The zero-order valence-corrected chi connectivity index (χ0v) is 21.5. The van der Waals surface area contributed by atoms with E-state index in [1.165, 1.54) is 4.90 Å². The van der Waals surface area contributed by atoms with Gasteiger partial charge < -0.3 is 34.4 Å². The molecular weight excluding hydrogens is 522 g/mol. The number of anilines is 2. The molecule has 1 spiro atoms. The number of carbonyl (C=O) groups excluding carboxylic acids is 3. The summed E-state index contributed by atoms with van der Waals surface area (Å²) < 4.78 is 17.0. The van der Waals surface area contributed by atoms with Crippen LogP contribution in [-0.2, 0) is 20.7 Å². The Bertz CT molecular complexity index is 1330. The van der Waals surface area contributed by atoms with Crippen LogP contribution in [0.2, 0.25) is 5.02 Å². The molecule has 5 heterocycles. The highest BCUT2D eigenvalue weighted by atomic mass is 35.5. The third kappa shape index (κ3) is 3.49. The van der Waals surface area contributed by atoms with Gasteiger partial charge in [0.2, 0.25) is 5.91 Å². The van der Waals surface area contributed by atoms with Gasteiger partial charge in [-0.15, -0.1) is 0 Å². The molecule has 4 aliphatic heterocycles. The van der Waals surface area contributed by atoms with Gasteiger partial charge in [-0.1, -0.05) is 16.8 Å². The van der Waals surface area contributed by atoms with Crippen molar-refractivity contribution < 1.29 is 38.6 Å². The quantitative estimate of drug-likeness (QED) is 0.436. The van der Waals surface area contributed by atoms with Gasteiger partial charge in [-0.2, -0.15) is 0 Å². The van der Waals surface area contributed by atoms with Gasteiger partial charge in [0.15, 0.2) is 11.4 Å². The molecule has 1 aromatic carbocycles. The second-order valence-electron chi connectivity index (χ2n) is 10.3. The molecule has 2 aromatic rings. The lowest BCUT2D eigenvalue weighted by Gasteiger charge is -2.57. The fourth-order valence-corrected chi connectivity index (χ4v) is 6.89. The molecule has 13 nitrogen and oxygen atoms in total. The van der Waals surface area contributed by atoms with Crippen LogP contribution in [0.1, 0.15) is 32.3 Å². The van der Waals surface area contributed by atoms with E-state index in [1.807, 2.05) is 18.7 Å². The summed E-state index contributed by atoms with van der Waals surface area (Å²) in [6.07, 6.45) is -1.80. The van der Waals surface area contributed by atoms with Gasteiger partial charge in [-0.3, -0.25) is 15.0 Å². The van der Waals surface area contributed by atoms with Crippen LogP contribution in [0.15, 0.2) is 10.6 Å². The number of nitrogens with one attached hydrogen (secondary N) is 2. The van der Waals surface area contributed by atoms with E-state index in [1.54, 1.807) is 6.07 Å². The second-order valence-corrected chi connectivity index (χ2v) is 10.7. The van der Waals surface area contributed by atoms with E-state index in [9.17, 15) is 24.6 Å². The summed E-state index contributed by atoms with van der Waals surface area (Å²) in [6.45, 7) is 4.20. The summed E-state index contributed by atoms with van der Waals surface area (Å²) in [4.78, 5) is 41.5. The van der Waals surface area contributed by atoms with E-state index in [0.29, 0.717) is 36.0 Å². The van der Waals surface area contributed by atoms with Gasteiger partial charge in [0.1, 0.15) is 23.3 Å². The normalized spacial score (nSPS) is 32.8. The number of hydrogen-bond acceptors (Lipinski definition) is 10. The number of carbonyl (C=O) groups is 3. The van der Waals surface area contributed by atoms with Crippen molar-refractivity contribution in [3.05, 3.63) is 16.7 Å². The molecule has 3 fully saturated rings. The van der Waals surface area contributed by atoms with Crippen LogP contribution in [0.4, 0.5) is 21.1 Å². The van der Waals surface area contributed by atoms with Crippen molar-refractivity contribution in [1.29, 1.82) is 0 Å². The number of aliphatic hydroxyl groups is 2.